The molecule has 1 aromatic heterocycles. The van der Waals surface area contributed by atoms with Crippen LogP contribution in [-0.4, -0.2) is 76.8 Å². The lowest BCUT2D eigenvalue weighted by Gasteiger charge is -2.31. The molecule has 0 bridgehead atoms. The van der Waals surface area contributed by atoms with E-state index in [0.717, 1.165) is 48.4 Å². The fourth-order valence-corrected chi connectivity index (χ4v) is 4.97. The smallest absolute Gasteiger partial charge is 0.262 e. The van der Waals surface area contributed by atoms with Gasteiger partial charge in [0.15, 0.2) is 0 Å². The Morgan fingerprint density at radius 1 is 1.16 bits per heavy atom. The molecule has 3 heterocycles. The molecule has 4 rings (SSSR count). The summed E-state index contributed by atoms with van der Waals surface area (Å²) in [5.74, 6) is -1.31. The van der Waals surface area contributed by atoms with Crippen LogP contribution in [-0.2, 0) is 22.6 Å². The van der Waals surface area contributed by atoms with E-state index < -0.39 is 17.9 Å². The van der Waals surface area contributed by atoms with E-state index in [4.69, 9.17) is 4.74 Å². The second-order valence-electron chi connectivity index (χ2n) is 8.53. The predicted molar refractivity (Wildman–Crippen MR) is 120 cm³/mol. The number of carbonyl (C=O) groups is 3. The van der Waals surface area contributed by atoms with Gasteiger partial charge < -0.3 is 9.64 Å². The van der Waals surface area contributed by atoms with Crippen LogP contribution in [0.15, 0.2) is 29.6 Å². The number of nitrogens with zero attached hydrogens (tertiary/aromatic N) is 4. The second kappa shape index (κ2) is 9.48. The van der Waals surface area contributed by atoms with E-state index in [1.54, 1.807) is 47.5 Å². The number of hydrogen-bond donors (Lipinski definition) is 0. The summed E-state index contributed by atoms with van der Waals surface area (Å²) < 4.78 is 5.39. The third-order valence-corrected chi connectivity index (χ3v) is 6.71. The molecule has 9 heteroatoms. The highest BCUT2D eigenvalue weighted by Gasteiger charge is 2.44. The van der Waals surface area contributed by atoms with Gasteiger partial charge in [0.25, 0.3) is 11.8 Å². The van der Waals surface area contributed by atoms with Crippen molar-refractivity contribution in [1.82, 2.24) is 19.7 Å². The first-order valence-corrected chi connectivity index (χ1v) is 11.7. The lowest BCUT2D eigenvalue weighted by Crippen LogP contribution is -2.52. The Balaban J connectivity index is 1.45. The fraction of sp³-hybridized carbons (Fsp3) is 0.478. The molecule has 1 unspecified atom stereocenters. The summed E-state index contributed by atoms with van der Waals surface area (Å²) >= 11 is 1.58. The maximum absolute atomic E-state index is 13.4. The molecule has 0 spiro atoms. The Bertz CT molecular complexity index is 980. The molecule has 3 amide bonds. The highest BCUT2D eigenvalue weighted by molar-refractivity contribution is 7.09. The summed E-state index contributed by atoms with van der Waals surface area (Å²) in [6.45, 7) is 8.06. The standard InChI is InChI=1S/C23H28N4O4S/c1-15(2)20(27-21(28)17-6-4-5-7-18(17)22(27)29)23(30)25(3)12-16-14-32-19(24-16)13-26-8-10-31-11-9-26/h4-7,14-15,20H,8-13H2,1-3H3. The summed E-state index contributed by atoms with van der Waals surface area (Å²) in [5, 5.41) is 2.97. The van der Waals surface area contributed by atoms with Crippen LogP contribution in [0.25, 0.3) is 0 Å². The Kier molecular flexibility index (Phi) is 6.68. The zero-order valence-electron chi connectivity index (χ0n) is 18.6. The topological polar surface area (TPSA) is 83.1 Å². The van der Waals surface area contributed by atoms with Gasteiger partial charge in [-0.05, 0) is 18.1 Å². The molecule has 32 heavy (non-hydrogen) atoms. The molecule has 2 aliphatic rings. The third kappa shape index (κ3) is 4.46. The summed E-state index contributed by atoms with van der Waals surface area (Å²) in [4.78, 5) is 48.9. The van der Waals surface area contributed by atoms with E-state index in [9.17, 15) is 14.4 Å². The minimum Gasteiger partial charge on any atom is -0.379 e. The molecule has 8 nitrogen and oxygen atoms in total. The highest BCUT2D eigenvalue weighted by atomic mass is 32.1. The van der Waals surface area contributed by atoms with Gasteiger partial charge >= 0.3 is 0 Å². The van der Waals surface area contributed by atoms with Crippen LogP contribution in [0, 0.1) is 5.92 Å². The number of hydrogen-bond acceptors (Lipinski definition) is 7. The number of morpholine rings is 1. The van der Waals surface area contributed by atoms with Crippen molar-refractivity contribution in [2.75, 3.05) is 33.4 Å². The maximum atomic E-state index is 13.4. The van der Waals surface area contributed by atoms with Gasteiger partial charge in [-0.25, -0.2) is 4.98 Å². The van der Waals surface area contributed by atoms with E-state index in [-0.39, 0.29) is 11.8 Å². The minimum atomic E-state index is -0.862. The van der Waals surface area contributed by atoms with Crippen molar-refractivity contribution in [3.05, 3.63) is 51.5 Å². The van der Waals surface area contributed by atoms with Gasteiger partial charge in [0, 0.05) is 25.5 Å². The molecule has 2 aromatic rings. The molecule has 0 radical (unpaired) electrons. The normalized spacial score (nSPS) is 17.7. The molecule has 0 aliphatic carbocycles. The molecular weight excluding hydrogens is 428 g/mol. The van der Waals surface area contributed by atoms with Crippen LogP contribution in [0.5, 0.6) is 0 Å². The number of fused-ring (bicyclic) bond motifs is 1. The molecule has 1 atom stereocenters. The molecule has 0 N–H and O–H groups in total. The molecule has 1 fully saturated rings. The number of amides is 3. The van der Waals surface area contributed by atoms with Crippen LogP contribution in [0.4, 0.5) is 0 Å². The van der Waals surface area contributed by atoms with Crippen molar-refractivity contribution >= 4 is 29.1 Å². The maximum Gasteiger partial charge on any atom is 0.262 e. The van der Waals surface area contributed by atoms with Crippen molar-refractivity contribution < 1.29 is 19.1 Å². The van der Waals surface area contributed by atoms with Crippen molar-refractivity contribution in [3.8, 4) is 0 Å². The zero-order valence-corrected chi connectivity index (χ0v) is 19.4. The SMILES string of the molecule is CC(C)C(C(=O)N(C)Cc1csc(CN2CCOCC2)n1)N1C(=O)c2ccccc2C1=O. The van der Waals surface area contributed by atoms with Crippen molar-refractivity contribution in [3.63, 3.8) is 0 Å². The van der Waals surface area contributed by atoms with Gasteiger partial charge in [-0.1, -0.05) is 26.0 Å². The second-order valence-corrected chi connectivity index (χ2v) is 9.47. The van der Waals surface area contributed by atoms with Crippen LogP contribution >= 0.6 is 11.3 Å². The first-order valence-electron chi connectivity index (χ1n) is 10.8. The lowest BCUT2D eigenvalue weighted by atomic mass is 10.0. The third-order valence-electron chi connectivity index (χ3n) is 5.83. The summed E-state index contributed by atoms with van der Waals surface area (Å²) in [5.41, 5.74) is 1.51. The quantitative estimate of drug-likeness (QED) is 0.595. The largest absolute Gasteiger partial charge is 0.379 e. The number of carbonyl (C=O) groups excluding carboxylic acids is 3. The minimum absolute atomic E-state index is 0.223. The Labute approximate surface area is 191 Å². The van der Waals surface area contributed by atoms with Crippen LogP contribution in [0.2, 0.25) is 0 Å². The number of aromatic nitrogens is 1. The number of rotatable bonds is 7. The predicted octanol–water partition coefficient (Wildman–Crippen LogP) is 2.25. The summed E-state index contributed by atoms with van der Waals surface area (Å²) in [6.07, 6.45) is 0. The number of benzene rings is 1. The van der Waals surface area contributed by atoms with E-state index in [0.29, 0.717) is 17.7 Å². The highest BCUT2D eigenvalue weighted by Crippen LogP contribution is 2.28. The first kappa shape index (κ1) is 22.6. The van der Waals surface area contributed by atoms with Gasteiger partial charge in [0.1, 0.15) is 11.0 Å². The van der Waals surface area contributed by atoms with Gasteiger partial charge in [-0.2, -0.15) is 0 Å². The first-order chi connectivity index (χ1) is 15.4. The summed E-state index contributed by atoms with van der Waals surface area (Å²) in [7, 11) is 1.69. The van der Waals surface area contributed by atoms with Crippen molar-refractivity contribution in [2.24, 2.45) is 5.92 Å². The summed E-state index contributed by atoms with van der Waals surface area (Å²) in [6, 6.07) is 5.85. The Hall–Kier alpha value is -2.62. The lowest BCUT2D eigenvalue weighted by molar-refractivity contribution is -0.136. The van der Waals surface area contributed by atoms with E-state index >= 15 is 0 Å². The van der Waals surface area contributed by atoms with Gasteiger partial charge in [0.2, 0.25) is 5.91 Å². The number of likely N-dealkylation sites (N-methyl/N-ethyl adjacent to an activating group) is 1. The Morgan fingerprint density at radius 2 is 1.78 bits per heavy atom. The van der Waals surface area contributed by atoms with Gasteiger partial charge in [-0.15, -0.1) is 11.3 Å². The molecule has 1 aromatic carbocycles. The molecule has 0 saturated carbocycles. The zero-order chi connectivity index (χ0) is 22.8. The van der Waals surface area contributed by atoms with Crippen LogP contribution < -0.4 is 0 Å². The van der Waals surface area contributed by atoms with Crippen LogP contribution in [0.1, 0.15) is 45.3 Å². The number of thiazole rings is 1. The number of imide groups is 1. The van der Waals surface area contributed by atoms with Crippen molar-refractivity contribution in [2.45, 2.75) is 33.0 Å². The molecule has 1 saturated heterocycles. The monoisotopic (exact) mass is 456 g/mol. The Morgan fingerprint density at radius 3 is 2.38 bits per heavy atom. The van der Waals surface area contributed by atoms with Gasteiger partial charge in [0.05, 0.1) is 43.1 Å². The fourth-order valence-electron chi connectivity index (χ4n) is 4.15. The molecular formula is C23H28N4O4S. The average Bonchev–Trinajstić information content (AvgIpc) is 3.32. The van der Waals surface area contributed by atoms with E-state index in [2.05, 4.69) is 9.88 Å². The van der Waals surface area contributed by atoms with E-state index in [1.165, 1.54) is 0 Å². The average molecular weight is 457 g/mol. The van der Waals surface area contributed by atoms with Gasteiger partial charge in [-0.3, -0.25) is 24.2 Å². The van der Waals surface area contributed by atoms with Crippen molar-refractivity contribution in [1.29, 1.82) is 0 Å². The van der Waals surface area contributed by atoms with Crippen LogP contribution in [0.3, 0.4) is 0 Å². The molecule has 2 aliphatic heterocycles. The van der Waals surface area contributed by atoms with E-state index in [1.807, 2.05) is 19.2 Å². The number of ether oxygens (including phenoxy) is 1. The molecule has 170 valence electrons.